The largest absolute Gasteiger partial charge is 0.335 e. The zero-order valence-corrected chi connectivity index (χ0v) is 6.32. The van der Waals surface area contributed by atoms with Crippen molar-refractivity contribution in [3.05, 3.63) is 0 Å². The minimum Gasteiger partial charge on any atom is -0.335 e. The van der Waals surface area contributed by atoms with Crippen LogP contribution in [-0.4, -0.2) is 29.7 Å². The van der Waals surface area contributed by atoms with Gasteiger partial charge in [0.1, 0.15) is 0 Å². The van der Waals surface area contributed by atoms with Crippen LogP contribution in [0.2, 0.25) is 0 Å². The van der Waals surface area contributed by atoms with Gasteiger partial charge in [0.05, 0.1) is 6.04 Å². The third-order valence-corrected chi connectivity index (χ3v) is 2.79. The number of carbonyl (C=O) groups is 2. The molecule has 1 saturated heterocycles. The lowest BCUT2D eigenvalue weighted by Gasteiger charge is -2.16. The summed E-state index contributed by atoms with van der Waals surface area (Å²) in [4.78, 5) is 23.3. The fraction of sp³-hybridized carbons (Fsp3) is 0.750. The highest BCUT2D eigenvalue weighted by Crippen LogP contribution is 2.34. The van der Waals surface area contributed by atoms with E-state index in [-0.39, 0.29) is 11.8 Å². The molecule has 2 unspecified atom stereocenters. The molecule has 0 spiro atoms. The predicted octanol–water partition coefficient (Wildman–Crippen LogP) is 0.196. The molecule has 1 saturated carbocycles. The van der Waals surface area contributed by atoms with Crippen LogP contribution in [0, 0.1) is 5.92 Å². The van der Waals surface area contributed by atoms with E-state index in [2.05, 4.69) is 0 Å². The number of ketones is 1. The number of rotatable bonds is 1. The topological polar surface area (TPSA) is 37.4 Å². The van der Waals surface area contributed by atoms with Crippen molar-refractivity contribution in [2.24, 2.45) is 5.92 Å². The third-order valence-electron chi connectivity index (χ3n) is 2.79. The molecule has 2 aliphatic rings. The van der Waals surface area contributed by atoms with Crippen LogP contribution in [0.5, 0.6) is 0 Å². The fourth-order valence-corrected chi connectivity index (χ4v) is 2.23. The first kappa shape index (κ1) is 6.83. The average Bonchev–Trinajstić information content (AvgIpc) is 2.54. The van der Waals surface area contributed by atoms with Crippen molar-refractivity contribution in [2.75, 3.05) is 6.54 Å². The first-order valence-electron chi connectivity index (χ1n) is 4.06. The van der Waals surface area contributed by atoms with E-state index in [9.17, 15) is 9.59 Å². The Morgan fingerprint density at radius 3 is 3.00 bits per heavy atom. The molecule has 60 valence electrons. The number of hydrogen-bond donors (Lipinski definition) is 0. The second kappa shape index (κ2) is 2.32. The minimum atomic E-state index is -0.0486. The summed E-state index contributed by atoms with van der Waals surface area (Å²) in [6.45, 7) is 0.782. The van der Waals surface area contributed by atoms with Crippen LogP contribution in [-0.2, 0) is 9.59 Å². The Morgan fingerprint density at radius 1 is 1.45 bits per heavy atom. The number of Topliss-reactive ketones (excluding diaryl/α,β-unsaturated/α-hetero) is 1. The van der Waals surface area contributed by atoms with Crippen LogP contribution >= 0.6 is 0 Å². The van der Waals surface area contributed by atoms with Crippen LogP contribution in [0.15, 0.2) is 0 Å². The smallest absolute Gasteiger partial charge is 0.210 e. The van der Waals surface area contributed by atoms with Gasteiger partial charge < -0.3 is 4.90 Å². The Hall–Kier alpha value is -0.860. The van der Waals surface area contributed by atoms with E-state index < -0.39 is 0 Å². The molecule has 1 heterocycles. The number of likely N-dealkylation sites (tertiary alicyclic amines) is 1. The highest BCUT2D eigenvalue weighted by molar-refractivity contribution is 5.88. The fourth-order valence-electron chi connectivity index (χ4n) is 2.23. The summed E-state index contributed by atoms with van der Waals surface area (Å²) in [6, 6.07) is -0.0486. The van der Waals surface area contributed by atoms with Crippen molar-refractivity contribution >= 4 is 12.2 Å². The molecule has 1 aliphatic heterocycles. The van der Waals surface area contributed by atoms with Gasteiger partial charge in [-0.05, 0) is 18.8 Å². The first-order valence-corrected chi connectivity index (χ1v) is 4.06. The Labute approximate surface area is 65.4 Å². The van der Waals surface area contributed by atoms with Gasteiger partial charge in [-0.3, -0.25) is 9.59 Å². The second-order valence-corrected chi connectivity index (χ2v) is 3.34. The molecule has 0 N–H and O–H groups in total. The van der Waals surface area contributed by atoms with Gasteiger partial charge in [-0.1, -0.05) is 0 Å². The van der Waals surface area contributed by atoms with Crippen molar-refractivity contribution in [1.82, 2.24) is 4.90 Å². The van der Waals surface area contributed by atoms with E-state index in [0.717, 1.165) is 25.8 Å². The number of hydrogen-bond acceptors (Lipinski definition) is 2. The molecule has 0 radical (unpaired) electrons. The number of fused-ring (bicyclic) bond motifs is 1. The van der Waals surface area contributed by atoms with E-state index in [4.69, 9.17) is 0 Å². The molecule has 0 aromatic rings. The highest BCUT2D eigenvalue weighted by Gasteiger charge is 2.42. The third kappa shape index (κ3) is 0.870. The lowest BCUT2D eigenvalue weighted by atomic mass is 10.0. The molecule has 3 heteroatoms. The van der Waals surface area contributed by atoms with Gasteiger partial charge in [-0.15, -0.1) is 0 Å². The van der Waals surface area contributed by atoms with Gasteiger partial charge in [-0.25, -0.2) is 0 Å². The van der Waals surface area contributed by atoms with Crippen molar-refractivity contribution in [3.8, 4) is 0 Å². The van der Waals surface area contributed by atoms with Crippen molar-refractivity contribution in [3.63, 3.8) is 0 Å². The van der Waals surface area contributed by atoms with E-state index >= 15 is 0 Å². The lowest BCUT2D eigenvalue weighted by Crippen LogP contribution is -2.34. The minimum absolute atomic E-state index is 0.0486. The van der Waals surface area contributed by atoms with Gasteiger partial charge in [-0.2, -0.15) is 0 Å². The van der Waals surface area contributed by atoms with Crippen LogP contribution in [0.4, 0.5) is 0 Å². The highest BCUT2D eigenvalue weighted by atomic mass is 16.1. The molecule has 2 atom stereocenters. The maximum absolute atomic E-state index is 11.2. The molecular formula is C8H11NO2. The van der Waals surface area contributed by atoms with Crippen LogP contribution < -0.4 is 0 Å². The van der Waals surface area contributed by atoms with Crippen molar-refractivity contribution < 1.29 is 9.59 Å². The predicted molar refractivity (Wildman–Crippen MR) is 38.9 cm³/mol. The molecule has 1 aliphatic carbocycles. The summed E-state index contributed by atoms with van der Waals surface area (Å²) in [6.07, 6.45) is 3.51. The maximum Gasteiger partial charge on any atom is 0.210 e. The zero-order valence-electron chi connectivity index (χ0n) is 6.32. The molecule has 0 aromatic carbocycles. The summed E-state index contributed by atoms with van der Waals surface area (Å²) >= 11 is 0. The van der Waals surface area contributed by atoms with Crippen LogP contribution in [0.3, 0.4) is 0 Å². The number of carbonyl (C=O) groups excluding carboxylic acids is 2. The first-order chi connectivity index (χ1) is 5.33. The van der Waals surface area contributed by atoms with Crippen LogP contribution in [0.25, 0.3) is 0 Å². The molecule has 0 bridgehead atoms. The molecule has 3 nitrogen and oxygen atoms in total. The van der Waals surface area contributed by atoms with Crippen molar-refractivity contribution in [2.45, 2.75) is 25.3 Å². The Balaban J connectivity index is 2.19. The van der Waals surface area contributed by atoms with E-state index in [1.165, 1.54) is 0 Å². The van der Waals surface area contributed by atoms with E-state index in [0.29, 0.717) is 12.3 Å². The van der Waals surface area contributed by atoms with Crippen LogP contribution in [0.1, 0.15) is 19.3 Å². The van der Waals surface area contributed by atoms with E-state index in [1.807, 2.05) is 0 Å². The van der Waals surface area contributed by atoms with Gasteiger partial charge >= 0.3 is 0 Å². The van der Waals surface area contributed by atoms with Crippen molar-refractivity contribution in [1.29, 1.82) is 0 Å². The summed E-state index contributed by atoms with van der Waals surface area (Å²) < 4.78 is 0. The monoisotopic (exact) mass is 153 g/mol. The standard InChI is InChI=1S/C8H11NO2/c10-5-9-4-3-6-1-2-7(11)8(6)9/h5-6,8H,1-4H2. The molecule has 11 heavy (non-hydrogen) atoms. The Bertz CT molecular complexity index is 202. The Morgan fingerprint density at radius 2 is 2.27 bits per heavy atom. The number of nitrogens with zero attached hydrogens (tertiary/aromatic N) is 1. The van der Waals surface area contributed by atoms with Gasteiger partial charge in [0, 0.05) is 13.0 Å². The molecule has 1 amide bonds. The van der Waals surface area contributed by atoms with Gasteiger partial charge in [0.15, 0.2) is 5.78 Å². The second-order valence-electron chi connectivity index (χ2n) is 3.34. The van der Waals surface area contributed by atoms with Gasteiger partial charge in [0.2, 0.25) is 6.41 Å². The maximum atomic E-state index is 11.2. The molecule has 2 fully saturated rings. The Kier molecular flexibility index (Phi) is 1.44. The lowest BCUT2D eigenvalue weighted by molar-refractivity contribution is -0.128. The SMILES string of the molecule is O=CN1CCC2CCC(=O)C21. The summed E-state index contributed by atoms with van der Waals surface area (Å²) in [7, 11) is 0. The number of amides is 1. The molecule has 2 rings (SSSR count). The summed E-state index contributed by atoms with van der Waals surface area (Å²) in [5.41, 5.74) is 0. The van der Waals surface area contributed by atoms with E-state index in [1.54, 1.807) is 4.90 Å². The zero-order chi connectivity index (χ0) is 7.84. The van der Waals surface area contributed by atoms with Gasteiger partial charge in [0.25, 0.3) is 0 Å². The molecular weight excluding hydrogens is 142 g/mol. The summed E-state index contributed by atoms with van der Waals surface area (Å²) in [5, 5.41) is 0. The quantitative estimate of drug-likeness (QED) is 0.504. The average molecular weight is 153 g/mol. The molecule has 0 aromatic heterocycles. The summed E-state index contributed by atoms with van der Waals surface area (Å²) in [5.74, 6) is 0.743. The normalized spacial score (nSPS) is 36.0.